The second-order valence-electron chi connectivity index (χ2n) is 6.04. The highest BCUT2D eigenvalue weighted by molar-refractivity contribution is 7.89. The van der Waals surface area contributed by atoms with Gasteiger partial charge in [-0.05, 0) is 42.8 Å². The largest absolute Gasteiger partial charge is 0.507 e. The Morgan fingerprint density at radius 1 is 1.15 bits per heavy atom. The molecule has 0 spiro atoms. The number of rotatable bonds is 8. The summed E-state index contributed by atoms with van der Waals surface area (Å²) in [4.78, 5) is 4.73. The Kier molecular flexibility index (Phi) is 6.98. The molecule has 146 valence electrons. The molecule has 0 saturated carbocycles. The minimum Gasteiger partial charge on any atom is -0.507 e. The first-order valence-electron chi connectivity index (χ1n) is 8.83. The van der Waals surface area contributed by atoms with E-state index in [1.54, 1.807) is 55.8 Å². The number of nitrogens with zero attached hydrogens (tertiary/aromatic N) is 2. The molecule has 0 saturated heterocycles. The number of hydrogen-bond acceptors (Lipinski definition) is 5. The van der Waals surface area contributed by atoms with Gasteiger partial charge in [-0.1, -0.05) is 26.0 Å². The van der Waals surface area contributed by atoms with Crippen LogP contribution in [0.4, 0.5) is 0 Å². The smallest absolute Gasteiger partial charge is 0.243 e. The molecule has 0 amide bonds. The summed E-state index contributed by atoms with van der Waals surface area (Å²) in [5.74, 6) is 0.750. The zero-order chi connectivity index (χ0) is 20.0. The van der Waals surface area contributed by atoms with E-state index in [1.807, 2.05) is 20.8 Å². The topological polar surface area (TPSA) is 79.2 Å². The molecule has 1 atom stereocenters. The number of benzene rings is 2. The van der Waals surface area contributed by atoms with Crippen LogP contribution in [-0.2, 0) is 10.0 Å². The number of sulfonamides is 1. The Labute approximate surface area is 161 Å². The molecule has 2 aromatic rings. The molecule has 0 unspecified atom stereocenters. The van der Waals surface area contributed by atoms with E-state index in [4.69, 9.17) is 4.74 Å². The van der Waals surface area contributed by atoms with Crippen LogP contribution in [0.2, 0.25) is 0 Å². The summed E-state index contributed by atoms with van der Waals surface area (Å²) in [6.45, 7) is 6.42. The van der Waals surface area contributed by atoms with Gasteiger partial charge in [0.25, 0.3) is 0 Å². The quantitative estimate of drug-likeness (QED) is 0.698. The predicted octanol–water partition coefficient (Wildman–Crippen LogP) is 3.61. The standard InChI is InChI=1S/C20H26N2O4S/c1-5-22(6-2)27(24,25)19-10-7-16(8-11-19)15(3)21-14-17-13-18(26-4)9-12-20(17)23/h7-15,23H,5-6H2,1-4H3/t15-/m1/s1. The average molecular weight is 391 g/mol. The summed E-state index contributed by atoms with van der Waals surface area (Å²) in [7, 11) is -1.91. The average Bonchev–Trinajstić information content (AvgIpc) is 2.68. The molecule has 7 heteroatoms. The summed E-state index contributed by atoms with van der Waals surface area (Å²) < 4.78 is 31.7. The molecule has 0 fully saturated rings. The van der Waals surface area contributed by atoms with Crippen molar-refractivity contribution in [2.45, 2.75) is 31.7 Å². The summed E-state index contributed by atoms with van der Waals surface area (Å²) >= 11 is 0. The number of phenolic OH excluding ortho intramolecular Hbond substituents is 1. The molecule has 6 nitrogen and oxygen atoms in total. The van der Waals surface area contributed by atoms with Gasteiger partial charge in [0, 0.05) is 24.9 Å². The highest BCUT2D eigenvalue weighted by Gasteiger charge is 2.21. The van der Waals surface area contributed by atoms with Gasteiger partial charge in [0.1, 0.15) is 11.5 Å². The van der Waals surface area contributed by atoms with Crippen LogP contribution in [0.25, 0.3) is 0 Å². The van der Waals surface area contributed by atoms with Crippen molar-refractivity contribution in [1.82, 2.24) is 4.31 Å². The van der Waals surface area contributed by atoms with E-state index in [2.05, 4.69) is 4.99 Å². The molecule has 0 aromatic heterocycles. The van der Waals surface area contributed by atoms with E-state index in [1.165, 1.54) is 4.31 Å². The minimum atomic E-state index is -3.46. The summed E-state index contributed by atoms with van der Waals surface area (Å²) in [5, 5.41) is 9.92. The van der Waals surface area contributed by atoms with Gasteiger partial charge < -0.3 is 9.84 Å². The molecule has 0 aliphatic rings. The number of aromatic hydroxyl groups is 1. The molecule has 0 radical (unpaired) electrons. The molecule has 1 N–H and O–H groups in total. The van der Waals surface area contributed by atoms with Gasteiger partial charge >= 0.3 is 0 Å². The summed E-state index contributed by atoms with van der Waals surface area (Å²) in [5.41, 5.74) is 1.44. The molecule has 2 aromatic carbocycles. The Hall–Kier alpha value is -2.38. The van der Waals surface area contributed by atoms with Crippen LogP contribution >= 0.6 is 0 Å². The van der Waals surface area contributed by atoms with Crippen LogP contribution in [0.15, 0.2) is 52.4 Å². The lowest BCUT2D eigenvalue weighted by atomic mass is 10.1. The lowest BCUT2D eigenvalue weighted by Gasteiger charge is -2.18. The van der Waals surface area contributed by atoms with Crippen molar-refractivity contribution in [2.24, 2.45) is 4.99 Å². The maximum absolute atomic E-state index is 12.5. The minimum absolute atomic E-state index is 0.118. The highest BCUT2D eigenvalue weighted by atomic mass is 32.2. The molecule has 0 bridgehead atoms. The summed E-state index contributed by atoms with van der Waals surface area (Å²) in [6.07, 6.45) is 1.59. The first-order valence-corrected chi connectivity index (χ1v) is 10.3. The van der Waals surface area contributed by atoms with E-state index < -0.39 is 10.0 Å². The third-order valence-electron chi connectivity index (χ3n) is 4.38. The molecule has 27 heavy (non-hydrogen) atoms. The molecule has 0 heterocycles. The molecule has 2 rings (SSSR count). The Balaban J connectivity index is 2.20. The monoisotopic (exact) mass is 390 g/mol. The van der Waals surface area contributed by atoms with E-state index in [9.17, 15) is 13.5 Å². The van der Waals surface area contributed by atoms with Crippen molar-refractivity contribution in [3.63, 3.8) is 0 Å². The van der Waals surface area contributed by atoms with Crippen molar-refractivity contribution in [1.29, 1.82) is 0 Å². The normalized spacial score (nSPS) is 13.2. The Morgan fingerprint density at radius 2 is 1.78 bits per heavy atom. The number of aliphatic imine (C=N–C) groups is 1. The number of hydrogen-bond donors (Lipinski definition) is 1. The number of ether oxygens (including phenoxy) is 1. The van der Waals surface area contributed by atoms with E-state index in [-0.39, 0.29) is 16.7 Å². The van der Waals surface area contributed by atoms with E-state index in [0.717, 1.165) is 5.56 Å². The summed E-state index contributed by atoms with van der Waals surface area (Å²) in [6, 6.07) is 11.5. The molecular formula is C20H26N2O4S. The van der Waals surface area contributed by atoms with Gasteiger partial charge in [-0.25, -0.2) is 8.42 Å². The number of phenols is 1. The fourth-order valence-corrected chi connectivity index (χ4v) is 4.13. The van der Waals surface area contributed by atoms with E-state index >= 15 is 0 Å². The van der Waals surface area contributed by atoms with Crippen LogP contribution in [0.1, 0.15) is 37.9 Å². The molecule has 0 aliphatic carbocycles. The highest BCUT2D eigenvalue weighted by Crippen LogP contribution is 2.24. The van der Waals surface area contributed by atoms with Gasteiger partial charge in [-0.2, -0.15) is 4.31 Å². The second kappa shape index (κ2) is 9.01. The SMILES string of the molecule is CCN(CC)S(=O)(=O)c1ccc([C@@H](C)N=Cc2cc(OC)ccc2O)cc1. The van der Waals surface area contributed by atoms with Crippen molar-refractivity contribution in [3.05, 3.63) is 53.6 Å². The van der Waals surface area contributed by atoms with Crippen molar-refractivity contribution < 1.29 is 18.3 Å². The van der Waals surface area contributed by atoms with Gasteiger partial charge in [0.15, 0.2) is 0 Å². The number of methoxy groups -OCH3 is 1. The third-order valence-corrected chi connectivity index (χ3v) is 6.44. The van der Waals surface area contributed by atoms with Crippen molar-refractivity contribution in [2.75, 3.05) is 20.2 Å². The Morgan fingerprint density at radius 3 is 2.33 bits per heavy atom. The molecule has 0 aliphatic heterocycles. The molecular weight excluding hydrogens is 364 g/mol. The maximum Gasteiger partial charge on any atom is 0.243 e. The Bertz CT molecular complexity index is 889. The van der Waals surface area contributed by atoms with Gasteiger partial charge in [-0.15, -0.1) is 0 Å². The first kappa shape index (κ1) is 20.9. The van der Waals surface area contributed by atoms with Crippen LogP contribution in [0.3, 0.4) is 0 Å². The third kappa shape index (κ3) is 4.87. The zero-order valence-electron chi connectivity index (χ0n) is 16.1. The van der Waals surface area contributed by atoms with Crippen LogP contribution in [-0.4, -0.2) is 44.2 Å². The van der Waals surface area contributed by atoms with Gasteiger partial charge in [-0.3, -0.25) is 4.99 Å². The van der Waals surface area contributed by atoms with Crippen LogP contribution < -0.4 is 4.74 Å². The van der Waals surface area contributed by atoms with Gasteiger partial charge in [0.05, 0.1) is 18.0 Å². The van der Waals surface area contributed by atoms with Crippen LogP contribution in [0, 0.1) is 0 Å². The maximum atomic E-state index is 12.5. The fourth-order valence-electron chi connectivity index (χ4n) is 2.67. The first-order chi connectivity index (χ1) is 12.8. The zero-order valence-corrected chi connectivity index (χ0v) is 16.9. The van der Waals surface area contributed by atoms with Crippen LogP contribution in [0.5, 0.6) is 11.5 Å². The predicted molar refractivity (Wildman–Crippen MR) is 107 cm³/mol. The van der Waals surface area contributed by atoms with E-state index in [0.29, 0.717) is 24.4 Å². The lowest BCUT2D eigenvalue weighted by Crippen LogP contribution is -2.30. The van der Waals surface area contributed by atoms with Gasteiger partial charge in [0.2, 0.25) is 10.0 Å². The lowest BCUT2D eigenvalue weighted by molar-refractivity contribution is 0.412. The van der Waals surface area contributed by atoms with Crippen molar-refractivity contribution in [3.8, 4) is 11.5 Å². The fraction of sp³-hybridized carbons (Fsp3) is 0.350. The van der Waals surface area contributed by atoms with Crippen molar-refractivity contribution >= 4 is 16.2 Å². The second-order valence-corrected chi connectivity index (χ2v) is 7.98.